The van der Waals surface area contributed by atoms with E-state index in [2.05, 4.69) is 10.5 Å². The zero-order valence-corrected chi connectivity index (χ0v) is 10.1. The highest BCUT2D eigenvalue weighted by molar-refractivity contribution is 5.93. The van der Waals surface area contributed by atoms with Crippen LogP contribution in [0.2, 0.25) is 0 Å². The van der Waals surface area contributed by atoms with Gasteiger partial charge in [-0.15, -0.1) is 0 Å². The first-order valence-corrected chi connectivity index (χ1v) is 5.66. The summed E-state index contributed by atoms with van der Waals surface area (Å²) in [5.41, 5.74) is 4.45. The molecule has 0 saturated carbocycles. The molecule has 1 heterocycles. The van der Waals surface area contributed by atoms with Crippen molar-refractivity contribution in [3.63, 3.8) is 0 Å². The van der Waals surface area contributed by atoms with Gasteiger partial charge in [0.1, 0.15) is 0 Å². The van der Waals surface area contributed by atoms with Crippen molar-refractivity contribution in [1.82, 2.24) is 5.43 Å². The average Bonchev–Trinajstić information content (AvgIpc) is 2.91. The summed E-state index contributed by atoms with van der Waals surface area (Å²) in [4.78, 5) is 11.6. The number of benzene rings is 1. The first-order valence-electron chi connectivity index (χ1n) is 5.66. The Kier molecular flexibility index (Phi) is 3.91. The zero-order chi connectivity index (χ0) is 12.8. The second-order valence-electron chi connectivity index (χ2n) is 3.93. The van der Waals surface area contributed by atoms with Gasteiger partial charge in [-0.1, -0.05) is 30.3 Å². The number of hydrogen-bond acceptors (Lipinski definition) is 3. The first kappa shape index (κ1) is 12.1. The van der Waals surface area contributed by atoms with Gasteiger partial charge in [-0.05, 0) is 24.6 Å². The van der Waals surface area contributed by atoms with E-state index in [9.17, 15) is 4.79 Å². The van der Waals surface area contributed by atoms with E-state index in [1.165, 1.54) is 6.26 Å². The van der Waals surface area contributed by atoms with Gasteiger partial charge in [0.15, 0.2) is 5.76 Å². The molecule has 0 spiro atoms. The summed E-state index contributed by atoms with van der Waals surface area (Å²) in [6.07, 6.45) is 2.16. The van der Waals surface area contributed by atoms with Crippen molar-refractivity contribution in [2.45, 2.75) is 13.3 Å². The molecule has 2 rings (SSSR count). The molecule has 18 heavy (non-hydrogen) atoms. The van der Waals surface area contributed by atoms with Crippen LogP contribution in [0.3, 0.4) is 0 Å². The van der Waals surface area contributed by atoms with Gasteiger partial charge in [-0.2, -0.15) is 5.10 Å². The van der Waals surface area contributed by atoms with Crippen molar-refractivity contribution < 1.29 is 9.21 Å². The molecule has 4 nitrogen and oxygen atoms in total. The maximum absolute atomic E-state index is 11.6. The van der Waals surface area contributed by atoms with E-state index >= 15 is 0 Å². The Morgan fingerprint density at radius 1 is 1.22 bits per heavy atom. The molecule has 0 atom stereocenters. The number of hydrogen-bond donors (Lipinski definition) is 1. The number of rotatable bonds is 4. The fourth-order valence-corrected chi connectivity index (χ4v) is 1.54. The molecule has 0 saturated heterocycles. The van der Waals surface area contributed by atoms with Gasteiger partial charge in [0.2, 0.25) is 0 Å². The van der Waals surface area contributed by atoms with Crippen LogP contribution in [0.4, 0.5) is 0 Å². The maximum atomic E-state index is 11.6. The van der Waals surface area contributed by atoms with Crippen molar-refractivity contribution in [2.75, 3.05) is 0 Å². The quantitative estimate of drug-likeness (QED) is 0.662. The Bertz CT molecular complexity index is 530. The zero-order valence-electron chi connectivity index (χ0n) is 10.1. The number of furan rings is 1. The number of carbonyl (C=O) groups excluding carboxylic acids is 1. The summed E-state index contributed by atoms with van der Waals surface area (Å²) in [6, 6.07) is 13.2. The van der Waals surface area contributed by atoms with Crippen molar-refractivity contribution in [3.05, 3.63) is 60.1 Å². The van der Waals surface area contributed by atoms with Crippen LogP contribution >= 0.6 is 0 Å². The average molecular weight is 242 g/mol. The molecular formula is C14H14N2O2. The van der Waals surface area contributed by atoms with Gasteiger partial charge >= 0.3 is 5.91 Å². The lowest BCUT2D eigenvalue weighted by Gasteiger charge is -2.01. The first-order chi connectivity index (χ1) is 8.75. The predicted molar refractivity (Wildman–Crippen MR) is 69.4 cm³/mol. The second kappa shape index (κ2) is 5.82. The minimum Gasteiger partial charge on any atom is -0.459 e. The molecular weight excluding hydrogens is 228 g/mol. The van der Waals surface area contributed by atoms with Gasteiger partial charge in [-0.3, -0.25) is 4.79 Å². The van der Waals surface area contributed by atoms with E-state index in [-0.39, 0.29) is 11.7 Å². The molecule has 1 aromatic heterocycles. The Morgan fingerprint density at radius 3 is 2.67 bits per heavy atom. The van der Waals surface area contributed by atoms with Gasteiger partial charge in [-0.25, -0.2) is 5.43 Å². The molecule has 0 radical (unpaired) electrons. The molecule has 2 aromatic rings. The van der Waals surface area contributed by atoms with Gasteiger partial charge in [0.25, 0.3) is 0 Å². The molecule has 4 heteroatoms. The number of nitrogens with zero attached hydrogens (tertiary/aromatic N) is 1. The summed E-state index contributed by atoms with van der Waals surface area (Å²) >= 11 is 0. The highest BCUT2D eigenvalue weighted by Gasteiger charge is 2.06. The number of carbonyl (C=O) groups is 1. The third-order valence-electron chi connectivity index (χ3n) is 2.40. The van der Waals surface area contributed by atoms with Crippen molar-refractivity contribution in [2.24, 2.45) is 5.10 Å². The number of nitrogens with one attached hydrogen (secondary N) is 1. The van der Waals surface area contributed by atoms with Crippen LogP contribution in [0.15, 0.2) is 58.2 Å². The molecule has 0 bridgehead atoms. The van der Waals surface area contributed by atoms with E-state index in [1.54, 1.807) is 12.1 Å². The van der Waals surface area contributed by atoms with Crippen LogP contribution in [0.1, 0.15) is 23.0 Å². The highest BCUT2D eigenvalue weighted by atomic mass is 16.3. The third kappa shape index (κ3) is 3.31. The molecule has 0 fully saturated rings. The summed E-state index contributed by atoms with van der Waals surface area (Å²) in [5, 5.41) is 4.03. The number of amides is 1. The Balaban J connectivity index is 1.92. The van der Waals surface area contributed by atoms with Crippen molar-refractivity contribution in [1.29, 1.82) is 0 Å². The van der Waals surface area contributed by atoms with Crippen molar-refractivity contribution >= 4 is 11.6 Å². The Hall–Kier alpha value is -2.36. The van der Waals surface area contributed by atoms with Crippen LogP contribution in [-0.4, -0.2) is 11.6 Å². The van der Waals surface area contributed by atoms with E-state index in [0.717, 1.165) is 11.3 Å². The van der Waals surface area contributed by atoms with Crippen LogP contribution in [0, 0.1) is 0 Å². The second-order valence-corrected chi connectivity index (χ2v) is 3.93. The SMILES string of the molecule is CC(Cc1ccccc1)=NNC(=O)c1ccco1. The van der Waals surface area contributed by atoms with Crippen LogP contribution in [-0.2, 0) is 6.42 Å². The molecule has 0 aliphatic rings. The number of hydrazone groups is 1. The molecule has 92 valence electrons. The van der Waals surface area contributed by atoms with E-state index < -0.39 is 0 Å². The summed E-state index contributed by atoms with van der Waals surface area (Å²) in [7, 11) is 0. The Labute approximate surface area is 105 Å². The maximum Gasteiger partial charge on any atom is 0.307 e. The van der Waals surface area contributed by atoms with Crippen LogP contribution in [0.5, 0.6) is 0 Å². The van der Waals surface area contributed by atoms with Crippen LogP contribution < -0.4 is 5.43 Å². The summed E-state index contributed by atoms with van der Waals surface area (Å²) in [5.74, 6) is -0.0846. The Morgan fingerprint density at radius 2 is 2.00 bits per heavy atom. The lowest BCUT2D eigenvalue weighted by atomic mass is 10.1. The summed E-state index contributed by atoms with van der Waals surface area (Å²) < 4.78 is 4.96. The predicted octanol–water partition coefficient (Wildman–Crippen LogP) is 2.63. The molecule has 0 unspecified atom stereocenters. The largest absolute Gasteiger partial charge is 0.459 e. The van der Waals surface area contributed by atoms with Gasteiger partial charge in [0, 0.05) is 12.1 Å². The van der Waals surface area contributed by atoms with Crippen LogP contribution in [0.25, 0.3) is 0 Å². The minimum atomic E-state index is -0.340. The molecule has 0 aliphatic carbocycles. The lowest BCUT2D eigenvalue weighted by molar-refractivity contribution is 0.0927. The molecule has 1 amide bonds. The molecule has 1 N–H and O–H groups in total. The fraction of sp³-hybridized carbons (Fsp3) is 0.143. The normalized spacial score (nSPS) is 11.3. The molecule has 0 aliphatic heterocycles. The van der Waals surface area contributed by atoms with Gasteiger partial charge in [0.05, 0.1) is 6.26 Å². The van der Waals surface area contributed by atoms with E-state index in [4.69, 9.17) is 4.42 Å². The third-order valence-corrected chi connectivity index (χ3v) is 2.40. The lowest BCUT2D eigenvalue weighted by Crippen LogP contribution is -2.18. The van der Waals surface area contributed by atoms with E-state index in [0.29, 0.717) is 6.42 Å². The fourth-order valence-electron chi connectivity index (χ4n) is 1.54. The monoisotopic (exact) mass is 242 g/mol. The summed E-state index contributed by atoms with van der Waals surface area (Å²) in [6.45, 7) is 1.87. The standard InChI is InChI=1S/C14H14N2O2/c1-11(10-12-6-3-2-4-7-12)15-16-14(17)13-8-5-9-18-13/h2-9H,10H2,1H3,(H,16,17). The van der Waals surface area contributed by atoms with E-state index in [1.807, 2.05) is 37.3 Å². The van der Waals surface area contributed by atoms with Gasteiger partial charge < -0.3 is 4.42 Å². The minimum absolute atomic E-state index is 0.256. The molecule has 1 aromatic carbocycles. The highest BCUT2D eigenvalue weighted by Crippen LogP contribution is 2.01. The smallest absolute Gasteiger partial charge is 0.307 e. The van der Waals surface area contributed by atoms with Crippen molar-refractivity contribution in [3.8, 4) is 0 Å². The topological polar surface area (TPSA) is 54.6 Å².